The largest absolute Gasteiger partial charge is 1.00 e. The van der Waals surface area contributed by atoms with Gasteiger partial charge in [0.1, 0.15) is 0 Å². The minimum absolute atomic E-state index is 0. The molecule has 0 spiro atoms. The number of hydrogen-bond acceptors (Lipinski definition) is 4. The molecule has 1 aromatic carbocycles. The van der Waals surface area contributed by atoms with Crippen molar-refractivity contribution in [2.75, 3.05) is 7.11 Å². The van der Waals surface area contributed by atoms with Crippen molar-refractivity contribution in [3.05, 3.63) is 29.8 Å². The van der Waals surface area contributed by atoms with E-state index in [0.29, 0.717) is 11.3 Å². The van der Waals surface area contributed by atoms with Gasteiger partial charge in [0, 0.05) is 0 Å². The number of aliphatic carboxylic acids is 1. The Morgan fingerprint density at radius 2 is 2.20 bits per heavy atom. The third-order valence-electron chi connectivity index (χ3n) is 1.62. The Balaban J connectivity index is 0.00000196. The van der Waals surface area contributed by atoms with Gasteiger partial charge in [-0.25, -0.2) is 0 Å². The van der Waals surface area contributed by atoms with Gasteiger partial charge in [-0.15, -0.1) is 0 Å². The Hall–Kier alpha value is -0.970. The maximum absolute atomic E-state index is 10.1. The normalized spacial score (nSPS) is 9.67. The molecule has 0 radical (unpaired) electrons. The number of methoxy groups -OCH3 is 1. The minimum atomic E-state index is -1.27. The molecule has 0 fully saturated rings. The Morgan fingerprint density at radius 1 is 1.53 bits per heavy atom. The van der Waals surface area contributed by atoms with E-state index in [-0.39, 0.29) is 35.3 Å². The van der Waals surface area contributed by atoms with Crippen molar-refractivity contribution >= 4 is 12.0 Å². The Morgan fingerprint density at radius 3 is 2.73 bits per heavy atom. The van der Waals surface area contributed by atoms with E-state index in [1.54, 1.807) is 6.07 Å². The standard InChI is InChI=1S/C10H10O4.Na/c1-14-9-6-7(2-4-8(9)11)3-5-10(12)13;/h2-6,11H,1H3,(H,12,13);/q;+1/p-1/b5-3-;. The molecule has 0 aliphatic rings. The number of carbonyl (C=O) groups is 1. The average molecular weight is 216 g/mol. The second kappa shape index (κ2) is 6.50. The Kier molecular flexibility index (Phi) is 6.08. The van der Waals surface area contributed by atoms with Crippen LogP contribution in [0.2, 0.25) is 0 Å². The van der Waals surface area contributed by atoms with Gasteiger partial charge in [0.15, 0.2) is 11.5 Å². The topological polar surface area (TPSA) is 69.6 Å². The summed E-state index contributed by atoms with van der Waals surface area (Å²) in [5.41, 5.74) is 0.615. The molecule has 0 heterocycles. The van der Waals surface area contributed by atoms with Crippen LogP contribution in [0.25, 0.3) is 6.08 Å². The molecule has 0 aliphatic heterocycles. The summed E-state index contributed by atoms with van der Waals surface area (Å²) < 4.78 is 4.85. The number of carboxylic acid groups (broad SMARTS) is 1. The van der Waals surface area contributed by atoms with Gasteiger partial charge < -0.3 is 19.7 Å². The first-order valence-corrected chi connectivity index (χ1v) is 3.89. The fourth-order valence-electron chi connectivity index (χ4n) is 0.962. The zero-order chi connectivity index (χ0) is 10.6. The maximum atomic E-state index is 10.1. The molecule has 0 unspecified atom stereocenters. The number of benzene rings is 1. The minimum Gasteiger partial charge on any atom is -0.545 e. The van der Waals surface area contributed by atoms with Gasteiger partial charge in [-0.2, -0.15) is 0 Å². The van der Waals surface area contributed by atoms with E-state index in [4.69, 9.17) is 4.74 Å². The van der Waals surface area contributed by atoms with E-state index in [0.717, 1.165) is 6.08 Å². The first kappa shape index (κ1) is 14.0. The second-order valence-corrected chi connectivity index (χ2v) is 2.58. The van der Waals surface area contributed by atoms with Crippen LogP contribution in [0, 0.1) is 0 Å². The summed E-state index contributed by atoms with van der Waals surface area (Å²) >= 11 is 0. The van der Waals surface area contributed by atoms with Crippen molar-refractivity contribution in [2.45, 2.75) is 0 Å². The third-order valence-corrected chi connectivity index (χ3v) is 1.62. The van der Waals surface area contributed by atoms with Crippen LogP contribution in [0.1, 0.15) is 5.56 Å². The molecule has 0 aromatic heterocycles. The van der Waals surface area contributed by atoms with Crippen LogP contribution in [0.5, 0.6) is 11.5 Å². The van der Waals surface area contributed by atoms with E-state index in [1.165, 1.54) is 25.3 Å². The molecule has 0 amide bonds. The van der Waals surface area contributed by atoms with Crippen molar-refractivity contribution in [2.24, 2.45) is 0 Å². The van der Waals surface area contributed by atoms with Gasteiger partial charge in [0.05, 0.1) is 13.1 Å². The average Bonchev–Trinajstić information content (AvgIpc) is 2.16. The predicted molar refractivity (Wildman–Crippen MR) is 48.7 cm³/mol. The number of phenolic OH excluding ortho intramolecular Hbond substituents is 1. The van der Waals surface area contributed by atoms with Gasteiger partial charge in [-0.1, -0.05) is 12.1 Å². The van der Waals surface area contributed by atoms with Crippen molar-refractivity contribution in [3.8, 4) is 11.5 Å². The number of ether oxygens (including phenoxy) is 1. The zero-order valence-electron chi connectivity index (χ0n) is 8.56. The fourth-order valence-corrected chi connectivity index (χ4v) is 0.962. The van der Waals surface area contributed by atoms with Crippen LogP contribution < -0.4 is 39.4 Å². The van der Waals surface area contributed by atoms with E-state index in [1.807, 2.05) is 0 Å². The summed E-state index contributed by atoms with van der Waals surface area (Å²) in [7, 11) is 1.42. The summed E-state index contributed by atoms with van der Waals surface area (Å²) in [6.45, 7) is 0. The molecule has 1 aromatic rings. The van der Waals surface area contributed by atoms with E-state index >= 15 is 0 Å². The number of carbonyl (C=O) groups excluding carboxylic acids is 1. The Labute approximate surface area is 109 Å². The van der Waals surface area contributed by atoms with Gasteiger partial charge in [0.2, 0.25) is 0 Å². The van der Waals surface area contributed by atoms with Crippen LogP contribution in [-0.4, -0.2) is 18.2 Å². The van der Waals surface area contributed by atoms with Crippen LogP contribution in [0.3, 0.4) is 0 Å². The molecule has 5 heteroatoms. The molecular weight excluding hydrogens is 207 g/mol. The first-order chi connectivity index (χ1) is 6.63. The van der Waals surface area contributed by atoms with Crippen LogP contribution in [0.4, 0.5) is 0 Å². The molecule has 0 bridgehead atoms. The smallest absolute Gasteiger partial charge is 0.545 e. The fraction of sp³-hybridized carbons (Fsp3) is 0.100. The van der Waals surface area contributed by atoms with Crippen LogP contribution >= 0.6 is 0 Å². The molecule has 0 aliphatic carbocycles. The molecule has 0 saturated heterocycles. The zero-order valence-corrected chi connectivity index (χ0v) is 10.6. The molecule has 1 rings (SSSR count). The van der Waals surface area contributed by atoms with Crippen molar-refractivity contribution in [1.82, 2.24) is 0 Å². The summed E-state index contributed by atoms with van der Waals surface area (Å²) in [6.07, 6.45) is 2.27. The van der Waals surface area contributed by atoms with E-state index in [9.17, 15) is 15.0 Å². The van der Waals surface area contributed by atoms with Crippen LogP contribution in [0.15, 0.2) is 24.3 Å². The number of phenols is 1. The monoisotopic (exact) mass is 216 g/mol. The van der Waals surface area contributed by atoms with Crippen LogP contribution in [-0.2, 0) is 4.79 Å². The summed E-state index contributed by atoms with van der Waals surface area (Å²) in [4.78, 5) is 10.1. The SMILES string of the molecule is COc1cc(/C=C\C(=O)[O-])ccc1O.[Na+]. The number of hydrogen-bond donors (Lipinski definition) is 1. The van der Waals surface area contributed by atoms with Gasteiger partial charge in [-0.3, -0.25) is 0 Å². The van der Waals surface area contributed by atoms with Gasteiger partial charge in [-0.05, 0) is 23.8 Å². The second-order valence-electron chi connectivity index (χ2n) is 2.58. The van der Waals surface area contributed by atoms with Crippen molar-refractivity contribution < 1.29 is 49.3 Å². The first-order valence-electron chi connectivity index (χ1n) is 3.89. The summed E-state index contributed by atoms with van der Waals surface area (Å²) in [6, 6.07) is 4.51. The van der Waals surface area contributed by atoms with Gasteiger partial charge >= 0.3 is 29.6 Å². The quantitative estimate of drug-likeness (QED) is 0.436. The predicted octanol–water partition coefficient (Wildman–Crippen LogP) is -2.83. The number of carboxylic acids is 1. The molecule has 0 atom stereocenters. The van der Waals surface area contributed by atoms with Gasteiger partial charge in [0.25, 0.3) is 0 Å². The summed E-state index contributed by atoms with van der Waals surface area (Å²) in [5.74, 6) is -0.958. The maximum Gasteiger partial charge on any atom is 1.00 e. The summed E-state index contributed by atoms with van der Waals surface area (Å²) in [5, 5.41) is 19.4. The third kappa shape index (κ3) is 4.38. The molecule has 1 N–H and O–H groups in total. The molecule has 0 saturated carbocycles. The molecule has 74 valence electrons. The number of rotatable bonds is 3. The molecule has 15 heavy (non-hydrogen) atoms. The molecule has 4 nitrogen and oxygen atoms in total. The van der Waals surface area contributed by atoms with E-state index in [2.05, 4.69) is 0 Å². The van der Waals surface area contributed by atoms with E-state index < -0.39 is 5.97 Å². The molecular formula is C10H9NaO4. The Bertz CT molecular complexity index is 374. The van der Waals surface area contributed by atoms with Crippen molar-refractivity contribution in [3.63, 3.8) is 0 Å². The number of aromatic hydroxyl groups is 1. The van der Waals surface area contributed by atoms with Crippen molar-refractivity contribution in [1.29, 1.82) is 0 Å².